The number of hydrogen-bond donors (Lipinski definition) is 0. The van der Waals surface area contributed by atoms with Gasteiger partial charge in [0.2, 0.25) is 0 Å². The third-order valence-electron chi connectivity index (χ3n) is 25.5. The van der Waals surface area contributed by atoms with Crippen molar-refractivity contribution in [3.8, 4) is 45.3 Å². The van der Waals surface area contributed by atoms with Crippen molar-refractivity contribution in [1.82, 2.24) is 0 Å². The van der Waals surface area contributed by atoms with Crippen LogP contribution in [0.3, 0.4) is 0 Å². The molecule has 14 rings (SSSR count). The van der Waals surface area contributed by atoms with Gasteiger partial charge in [-0.15, -0.1) is 0 Å². The lowest BCUT2D eigenvalue weighted by atomic mass is 9.70. The van der Waals surface area contributed by atoms with Gasteiger partial charge in [-0.1, -0.05) is 116 Å². The molecule has 90 heavy (non-hydrogen) atoms. The van der Waals surface area contributed by atoms with Gasteiger partial charge in [-0.3, -0.25) is 19.2 Å². The summed E-state index contributed by atoms with van der Waals surface area (Å²) in [7, 11) is -19.0. The molecule has 0 spiro atoms. The van der Waals surface area contributed by atoms with E-state index in [1.54, 1.807) is 60.7 Å². The standard InChI is InChI=1S/C70H76O16S4/c1-63(2)43-25-29-67(63,55(71)33-43)37-87(75,76)83-51-21-17-41-13-9-11-15-47(41)59(51)61-49-19-24-54(86-90(81,82)40-70-32-28-46(36-58(70)74)66(70,7)8)62(50(49)20-23-53(61)85-89(79,80)39-69-31-27-45(35-57(69)73)65(69,5)6)60-48-16-12-10-14-42(48)18-22-52(60)84-88(77,78)38-68-30-26-44(34-56(68)72)64(68,3)4/h9-24,43-46H,25-40H2,1-8H3/t43-,44-,45-,46-,67-,68-,69-,70-/m1/s1. The quantitative estimate of drug-likeness (QED) is 0.0726. The molecule has 8 fully saturated rings. The van der Waals surface area contributed by atoms with Crippen LogP contribution in [0.25, 0.3) is 54.6 Å². The van der Waals surface area contributed by atoms with Crippen molar-refractivity contribution < 1.29 is 69.6 Å². The van der Waals surface area contributed by atoms with E-state index >= 15 is 33.7 Å². The van der Waals surface area contributed by atoms with E-state index < -0.39 is 107 Å². The van der Waals surface area contributed by atoms with Crippen LogP contribution >= 0.6 is 0 Å². The second-order valence-electron chi connectivity index (χ2n) is 30.1. The van der Waals surface area contributed by atoms with Crippen molar-refractivity contribution in [2.24, 2.45) is 67.0 Å². The molecule has 0 N–H and O–H groups in total. The summed E-state index contributed by atoms with van der Waals surface area (Å²) >= 11 is 0. The molecule has 0 heterocycles. The minimum absolute atomic E-state index is 0.0235. The smallest absolute Gasteiger partial charge is 0.310 e. The second-order valence-corrected chi connectivity index (χ2v) is 36.4. The van der Waals surface area contributed by atoms with Gasteiger partial charge in [-0.25, -0.2) is 0 Å². The van der Waals surface area contributed by atoms with Crippen LogP contribution in [0.4, 0.5) is 0 Å². The minimum Gasteiger partial charge on any atom is -0.382 e. The Bertz CT molecular complexity index is 4380. The fourth-order valence-corrected chi connectivity index (χ4v) is 26.5. The van der Waals surface area contributed by atoms with Gasteiger partial charge < -0.3 is 16.7 Å². The molecule has 8 bridgehead atoms. The summed E-state index contributed by atoms with van der Waals surface area (Å²) in [6.45, 7) is 15.3. The maximum absolute atomic E-state index is 15.2. The third kappa shape index (κ3) is 8.69. The Hall–Kier alpha value is -6.22. The summed E-state index contributed by atoms with van der Waals surface area (Å²) in [5.74, 6) is -4.60. The summed E-state index contributed by atoms with van der Waals surface area (Å²) < 4.78 is 146. The maximum atomic E-state index is 15.2. The number of carbonyl (C=O) groups excluding carboxylic acids is 4. The number of hydrogen-bond acceptors (Lipinski definition) is 16. The first kappa shape index (κ1) is 61.3. The highest BCUT2D eigenvalue weighted by Gasteiger charge is 2.69. The van der Waals surface area contributed by atoms with Gasteiger partial charge in [0, 0.05) is 47.9 Å². The van der Waals surface area contributed by atoms with E-state index in [1.165, 1.54) is 36.4 Å². The lowest BCUT2D eigenvalue weighted by molar-refractivity contribution is -0.128. The molecule has 0 aromatic heterocycles. The van der Waals surface area contributed by atoms with Crippen LogP contribution in [0.1, 0.15) is 132 Å². The van der Waals surface area contributed by atoms with Gasteiger partial charge in [0.05, 0.1) is 44.7 Å². The van der Waals surface area contributed by atoms with Crippen molar-refractivity contribution in [3.63, 3.8) is 0 Å². The molecule has 476 valence electrons. The highest BCUT2D eigenvalue weighted by Crippen LogP contribution is 2.68. The zero-order chi connectivity index (χ0) is 64.2. The van der Waals surface area contributed by atoms with E-state index in [0.717, 1.165) is 0 Å². The van der Waals surface area contributed by atoms with Crippen molar-refractivity contribution >= 4 is 95.9 Å². The highest BCUT2D eigenvalue weighted by atomic mass is 32.2. The Morgan fingerprint density at radius 1 is 0.322 bits per heavy atom. The summed E-state index contributed by atoms with van der Waals surface area (Å²) in [6, 6.07) is 25.8. The van der Waals surface area contributed by atoms with Crippen LogP contribution in [-0.4, -0.2) is 79.8 Å². The highest BCUT2D eigenvalue weighted by molar-refractivity contribution is 7.88. The van der Waals surface area contributed by atoms with Crippen LogP contribution in [0.2, 0.25) is 0 Å². The van der Waals surface area contributed by atoms with E-state index in [1.807, 2.05) is 55.4 Å². The summed E-state index contributed by atoms with van der Waals surface area (Å²) in [5, 5.41) is 2.06. The maximum Gasteiger partial charge on any atom is 0.310 e. The molecule has 0 aliphatic heterocycles. The van der Waals surface area contributed by atoms with E-state index in [4.69, 9.17) is 16.7 Å². The van der Waals surface area contributed by atoms with E-state index in [-0.39, 0.29) is 129 Å². The third-order valence-corrected chi connectivity index (χ3v) is 30.6. The molecule has 16 nitrogen and oxygen atoms in total. The molecule has 8 saturated carbocycles. The molecule has 8 atom stereocenters. The fraction of sp³-hybridized carbons (Fsp3) is 0.514. The van der Waals surface area contributed by atoms with Crippen molar-refractivity contribution in [2.75, 3.05) is 23.0 Å². The second kappa shape index (κ2) is 19.7. The van der Waals surface area contributed by atoms with Gasteiger partial charge in [0.1, 0.15) is 23.1 Å². The number of Topliss-reactive ketones (excluding diaryl/α,β-unsaturated/α-hetero) is 4. The van der Waals surface area contributed by atoms with Crippen molar-refractivity contribution in [2.45, 2.75) is 132 Å². The van der Waals surface area contributed by atoms with E-state index in [0.29, 0.717) is 72.9 Å². The molecule has 0 amide bonds. The van der Waals surface area contributed by atoms with Crippen LogP contribution in [0.5, 0.6) is 23.0 Å². The molecular weight excluding hydrogens is 1230 g/mol. The lowest BCUT2D eigenvalue weighted by Gasteiger charge is -2.36. The van der Waals surface area contributed by atoms with Crippen molar-refractivity contribution in [3.05, 3.63) is 97.1 Å². The van der Waals surface area contributed by atoms with Crippen LogP contribution in [0, 0.1) is 67.0 Å². The Kier molecular flexibility index (Phi) is 13.4. The van der Waals surface area contributed by atoms with Gasteiger partial charge in [0.25, 0.3) is 0 Å². The fourth-order valence-electron chi connectivity index (χ4n) is 19.5. The molecule has 8 aliphatic rings. The molecule has 20 heteroatoms. The average molecular weight is 1300 g/mol. The predicted octanol–water partition coefficient (Wildman–Crippen LogP) is 12.9. The van der Waals surface area contributed by atoms with Crippen LogP contribution in [-0.2, 0) is 59.7 Å². The zero-order valence-electron chi connectivity index (χ0n) is 52.0. The lowest BCUT2D eigenvalue weighted by Crippen LogP contribution is -2.43. The summed E-state index contributed by atoms with van der Waals surface area (Å²) in [6.07, 6.45) is 4.84. The minimum atomic E-state index is -4.78. The number of fused-ring (bicyclic) bond motifs is 11. The van der Waals surface area contributed by atoms with E-state index in [2.05, 4.69) is 0 Å². The number of benzene rings is 6. The van der Waals surface area contributed by atoms with Gasteiger partial charge in [-0.05, 0) is 165 Å². The number of rotatable bonds is 18. The van der Waals surface area contributed by atoms with Crippen LogP contribution < -0.4 is 16.7 Å². The Labute approximate surface area is 527 Å². The van der Waals surface area contributed by atoms with Gasteiger partial charge >= 0.3 is 40.5 Å². The largest absolute Gasteiger partial charge is 0.382 e. The van der Waals surface area contributed by atoms with Gasteiger partial charge in [-0.2, -0.15) is 33.7 Å². The Balaban J connectivity index is 1.02. The topological polar surface area (TPSA) is 242 Å². The number of ketones is 4. The molecule has 6 aromatic rings. The normalized spacial score (nSPS) is 30.2. The Morgan fingerprint density at radius 2 is 0.556 bits per heavy atom. The first-order valence-electron chi connectivity index (χ1n) is 31.5. The number of carbonyl (C=O) groups is 4. The summed E-state index contributed by atoms with van der Waals surface area (Å²) in [5.41, 5.74) is -7.87. The molecule has 0 unspecified atom stereocenters. The Morgan fingerprint density at radius 3 is 0.789 bits per heavy atom. The predicted molar refractivity (Wildman–Crippen MR) is 342 cm³/mol. The SMILES string of the molecule is CC1(C)[C@@H]2CC[C@@]1(CS(=O)(=O)Oc1ccc3ccccc3c1-c1c(OS(=O)(=O)C[C@]34CC[C@H](CC3=O)C4(C)C)ccc3c(-c4c(OS(=O)(=O)C[C@]56CC[C@H](CC5=O)C6(C)C)ccc5ccccc45)c(OS(=O)(=O)C[C@]45CC[C@H](CC4=O)C5(C)C)ccc13)C(=O)C2. The monoisotopic (exact) mass is 1300 g/mol. The average Bonchev–Trinajstić information content (AvgIpc) is 1.58. The molecule has 6 aromatic carbocycles. The molecule has 8 aliphatic carbocycles. The van der Waals surface area contributed by atoms with E-state index in [9.17, 15) is 19.2 Å². The molecule has 0 radical (unpaired) electrons. The zero-order valence-corrected chi connectivity index (χ0v) is 55.3. The van der Waals surface area contributed by atoms with Crippen molar-refractivity contribution in [1.29, 1.82) is 0 Å². The van der Waals surface area contributed by atoms with Gasteiger partial charge in [0.15, 0.2) is 23.0 Å². The van der Waals surface area contributed by atoms with Crippen LogP contribution in [0.15, 0.2) is 97.1 Å². The first-order valence-corrected chi connectivity index (χ1v) is 37.8. The summed E-state index contributed by atoms with van der Waals surface area (Å²) in [4.78, 5) is 55.9. The molecule has 0 saturated heterocycles. The first-order chi connectivity index (χ1) is 42.0. The molecular formula is C70H76O16S4.